The number of hydrogen-bond acceptors (Lipinski definition) is 5. The second-order valence-electron chi connectivity index (χ2n) is 8.41. The van der Waals surface area contributed by atoms with Gasteiger partial charge in [-0.15, -0.1) is 0 Å². The van der Waals surface area contributed by atoms with Crippen molar-refractivity contribution in [2.24, 2.45) is 0 Å². The van der Waals surface area contributed by atoms with Gasteiger partial charge >= 0.3 is 0 Å². The number of benzene rings is 3. The van der Waals surface area contributed by atoms with Gasteiger partial charge in [-0.05, 0) is 66.6 Å². The van der Waals surface area contributed by atoms with Crippen molar-refractivity contribution in [2.75, 3.05) is 12.8 Å². The Kier molecular flexibility index (Phi) is 7.11. The lowest BCUT2D eigenvalue weighted by Crippen LogP contribution is -2.66. The van der Waals surface area contributed by atoms with Crippen LogP contribution in [0.1, 0.15) is 24.1 Å². The zero-order valence-electron chi connectivity index (χ0n) is 18.5. The molecule has 6 nitrogen and oxygen atoms in total. The summed E-state index contributed by atoms with van der Waals surface area (Å²) in [5, 5.41) is 1.28. The number of halogens is 2. The molecule has 0 radical (unpaired) electrons. The van der Waals surface area contributed by atoms with Gasteiger partial charge in [0.15, 0.2) is 9.84 Å². The maximum absolute atomic E-state index is 12.9. The topological polar surface area (TPSA) is 83.5 Å². The van der Waals surface area contributed by atoms with Crippen LogP contribution in [0.3, 0.4) is 0 Å². The van der Waals surface area contributed by atoms with E-state index in [0.29, 0.717) is 16.6 Å². The van der Waals surface area contributed by atoms with E-state index in [1.807, 2.05) is 55.5 Å². The van der Waals surface area contributed by atoms with Gasteiger partial charge in [0.2, 0.25) is 10.0 Å². The first-order valence-electron chi connectivity index (χ1n) is 10.5. The van der Waals surface area contributed by atoms with Crippen molar-refractivity contribution in [1.82, 2.24) is 9.62 Å². The van der Waals surface area contributed by atoms with Crippen molar-refractivity contribution in [3.8, 4) is 0 Å². The van der Waals surface area contributed by atoms with Crippen molar-refractivity contribution < 1.29 is 16.8 Å². The zero-order valence-corrected chi connectivity index (χ0v) is 21.7. The van der Waals surface area contributed by atoms with E-state index in [0.717, 1.165) is 17.4 Å². The highest BCUT2D eigenvalue weighted by Gasteiger charge is 2.42. The largest absolute Gasteiger partial charge is 0.286 e. The summed E-state index contributed by atoms with van der Waals surface area (Å²) in [6.45, 7) is 2.47. The van der Waals surface area contributed by atoms with Gasteiger partial charge in [0.25, 0.3) is 0 Å². The van der Waals surface area contributed by atoms with Crippen LogP contribution in [0.25, 0.3) is 0 Å². The molecule has 2 atom stereocenters. The Labute approximate surface area is 210 Å². The number of sulfonamides is 1. The molecule has 0 saturated carbocycles. The van der Waals surface area contributed by atoms with Gasteiger partial charge in [-0.3, -0.25) is 4.90 Å². The highest BCUT2D eigenvalue weighted by Crippen LogP contribution is 2.37. The molecule has 0 amide bonds. The van der Waals surface area contributed by atoms with E-state index in [9.17, 15) is 16.8 Å². The number of hydrogen-bond donors (Lipinski definition) is 1. The first-order chi connectivity index (χ1) is 16.0. The number of nitrogens with one attached hydrogen (secondary N) is 1. The standard InChI is InChI=1S/C24H24Cl2N2O4S2/c1-16-23(27-34(31,32)22-13-11-21(12-14-22)33(2,29)30)15-28(16)24(17-3-7-19(25)8-4-17)18-5-9-20(26)10-6-18/h3-14,16,23-24,27H,15H2,1-2H3/t16-,23+/m1/s1. The van der Waals surface area contributed by atoms with E-state index in [1.165, 1.54) is 24.3 Å². The van der Waals surface area contributed by atoms with Gasteiger partial charge in [0.1, 0.15) is 0 Å². The predicted octanol–water partition coefficient (Wildman–Crippen LogP) is 4.54. The van der Waals surface area contributed by atoms with Crippen LogP contribution < -0.4 is 4.72 Å². The molecule has 1 saturated heterocycles. The Morgan fingerprint density at radius 2 is 1.24 bits per heavy atom. The molecular formula is C24H24Cl2N2O4S2. The quantitative estimate of drug-likeness (QED) is 0.477. The minimum absolute atomic E-state index is 0.0255. The van der Waals surface area contributed by atoms with Gasteiger partial charge in [-0.1, -0.05) is 47.5 Å². The molecule has 1 N–H and O–H groups in total. The smallest absolute Gasteiger partial charge is 0.240 e. The van der Waals surface area contributed by atoms with E-state index in [-0.39, 0.29) is 27.9 Å². The maximum Gasteiger partial charge on any atom is 0.240 e. The fourth-order valence-corrected chi connectivity index (χ4v) is 6.30. The summed E-state index contributed by atoms with van der Waals surface area (Å²) >= 11 is 12.2. The summed E-state index contributed by atoms with van der Waals surface area (Å²) in [5.41, 5.74) is 2.08. The lowest BCUT2D eigenvalue weighted by molar-refractivity contribution is 0.0370. The highest BCUT2D eigenvalue weighted by molar-refractivity contribution is 7.90. The van der Waals surface area contributed by atoms with E-state index < -0.39 is 19.9 Å². The molecule has 3 aromatic carbocycles. The van der Waals surface area contributed by atoms with Crippen molar-refractivity contribution in [1.29, 1.82) is 0 Å². The van der Waals surface area contributed by atoms with Gasteiger partial charge in [0.05, 0.1) is 21.9 Å². The second kappa shape index (κ2) is 9.60. The Bertz CT molecular complexity index is 1330. The molecule has 1 fully saturated rings. The van der Waals surface area contributed by atoms with Crippen LogP contribution in [0.15, 0.2) is 82.6 Å². The summed E-state index contributed by atoms with van der Waals surface area (Å²) in [7, 11) is -7.22. The number of sulfone groups is 1. The van der Waals surface area contributed by atoms with E-state index in [2.05, 4.69) is 9.62 Å². The van der Waals surface area contributed by atoms with Crippen LogP contribution in [0.5, 0.6) is 0 Å². The van der Waals surface area contributed by atoms with Gasteiger partial charge in [-0.2, -0.15) is 0 Å². The third-order valence-corrected chi connectivity index (χ3v) is 9.22. The lowest BCUT2D eigenvalue weighted by atomic mass is 9.89. The second-order valence-corrected chi connectivity index (χ2v) is 13.0. The van der Waals surface area contributed by atoms with Gasteiger partial charge < -0.3 is 0 Å². The molecular weight excluding hydrogens is 515 g/mol. The molecule has 0 aliphatic carbocycles. The van der Waals surface area contributed by atoms with E-state index in [4.69, 9.17) is 23.2 Å². The van der Waals surface area contributed by atoms with Crippen LogP contribution in [-0.2, 0) is 19.9 Å². The Hall–Kier alpha value is -1.94. The average molecular weight is 540 g/mol. The SMILES string of the molecule is C[C@@H]1[C@@H](NS(=O)(=O)c2ccc(S(C)(=O)=O)cc2)CN1C(c1ccc(Cl)cc1)c1ccc(Cl)cc1. The molecule has 0 aromatic heterocycles. The van der Waals surface area contributed by atoms with E-state index >= 15 is 0 Å². The Morgan fingerprint density at radius 1 is 0.794 bits per heavy atom. The van der Waals surface area contributed by atoms with Crippen molar-refractivity contribution in [2.45, 2.75) is 34.8 Å². The molecule has 1 aliphatic heterocycles. The number of rotatable bonds is 7. The normalized spacial score (nSPS) is 19.2. The minimum Gasteiger partial charge on any atom is -0.286 e. The van der Waals surface area contributed by atoms with Crippen LogP contribution in [0.2, 0.25) is 10.0 Å². The molecule has 1 heterocycles. The molecule has 180 valence electrons. The van der Waals surface area contributed by atoms with Crippen LogP contribution in [0.4, 0.5) is 0 Å². The third-order valence-electron chi connectivity index (χ3n) is 6.08. The summed E-state index contributed by atoms with van der Waals surface area (Å²) in [6, 6.07) is 19.9. The molecule has 0 bridgehead atoms. The number of likely N-dealkylation sites (tertiary alicyclic amines) is 1. The fraction of sp³-hybridized carbons (Fsp3) is 0.250. The van der Waals surface area contributed by atoms with Gasteiger partial charge in [-0.25, -0.2) is 21.6 Å². The van der Waals surface area contributed by atoms with E-state index in [1.54, 1.807) is 0 Å². The molecule has 34 heavy (non-hydrogen) atoms. The molecule has 0 unspecified atom stereocenters. The minimum atomic E-state index is -3.81. The predicted molar refractivity (Wildman–Crippen MR) is 135 cm³/mol. The molecule has 1 aliphatic rings. The van der Waals surface area contributed by atoms with Crippen LogP contribution in [0, 0.1) is 0 Å². The van der Waals surface area contributed by atoms with Crippen LogP contribution >= 0.6 is 23.2 Å². The molecule has 3 aromatic rings. The molecule has 4 rings (SSSR count). The fourth-order valence-electron chi connectivity index (χ4n) is 4.11. The van der Waals surface area contributed by atoms with Crippen molar-refractivity contribution in [3.05, 3.63) is 94.0 Å². The average Bonchev–Trinajstić information content (AvgIpc) is 2.79. The first-order valence-corrected chi connectivity index (χ1v) is 14.7. The monoisotopic (exact) mass is 538 g/mol. The Morgan fingerprint density at radius 3 is 1.65 bits per heavy atom. The lowest BCUT2D eigenvalue weighted by Gasteiger charge is -2.50. The maximum atomic E-state index is 12.9. The van der Waals surface area contributed by atoms with Gasteiger partial charge in [0, 0.05) is 28.9 Å². The third kappa shape index (κ3) is 5.32. The summed E-state index contributed by atoms with van der Waals surface area (Å²) in [6.07, 6.45) is 1.08. The van der Waals surface area contributed by atoms with Crippen LogP contribution in [-0.4, -0.2) is 46.6 Å². The first kappa shape index (κ1) is 25.2. The zero-order chi connectivity index (χ0) is 24.7. The van der Waals surface area contributed by atoms with Crippen molar-refractivity contribution >= 4 is 43.1 Å². The highest BCUT2D eigenvalue weighted by atomic mass is 35.5. The summed E-state index contributed by atoms with van der Waals surface area (Å²) in [5.74, 6) is 0. The van der Waals surface area contributed by atoms with Crippen molar-refractivity contribution in [3.63, 3.8) is 0 Å². The summed E-state index contributed by atoms with van der Waals surface area (Å²) < 4.78 is 51.9. The molecule has 10 heteroatoms. The summed E-state index contributed by atoms with van der Waals surface area (Å²) in [4.78, 5) is 2.31. The number of nitrogens with zero attached hydrogens (tertiary/aromatic N) is 1. The Balaban J connectivity index is 1.54. The molecule has 0 spiro atoms.